The first-order valence-corrected chi connectivity index (χ1v) is 4.78. The molecule has 0 saturated heterocycles. The Morgan fingerprint density at radius 1 is 1.20 bits per heavy atom. The van der Waals surface area contributed by atoms with Crippen LogP contribution in [-0.4, -0.2) is 12.3 Å². The molecule has 0 amide bonds. The number of hydrogen-bond donors (Lipinski definition) is 2. The molecule has 15 heavy (non-hydrogen) atoms. The van der Waals surface area contributed by atoms with Crippen LogP contribution in [0.2, 0.25) is 0 Å². The summed E-state index contributed by atoms with van der Waals surface area (Å²) in [6.45, 7) is 0.379. The lowest BCUT2D eigenvalue weighted by atomic mass is 10.0. The molecule has 0 aliphatic carbocycles. The standard InChI is InChI=1S/C12H13NO2/c1-15-12-7-6-9-4-2-3-5-10(9)11(12)8-13-14/h2-7,13-14H,8H2,1H3. The Labute approximate surface area is 88.3 Å². The van der Waals surface area contributed by atoms with E-state index in [4.69, 9.17) is 9.94 Å². The maximum Gasteiger partial charge on any atom is 0.124 e. The van der Waals surface area contributed by atoms with Crippen LogP contribution in [0.3, 0.4) is 0 Å². The van der Waals surface area contributed by atoms with Gasteiger partial charge >= 0.3 is 0 Å². The number of nitrogens with one attached hydrogen (secondary N) is 1. The predicted octanol–water partition coefficient (Wildman–Crippen LogP) is 2.33. The van der Waals surface area contributed by atoms with Gasteiger partial charge in [-0.3, -0.25) is 0 Å². The van der Waals surface area contributed by atoms with Crippen molar-refractivity contribution in [3.8, 4) is 5.75 Å². The second-order valence-electron chi connectivity index (χ2n) is 3.30. The summed E-state index contributed by atoms with van der Waals surface area (Å²) in [5, 5.41) is 11.0. The van der Waals surface area contributed by atoms with Gasteiger partial charge in [-0.15, -0.1) is 0 Å². The summed E-state index contributed by atoms with van der Waals surface area (Å²) in [5.41, 5.74) is 3.14. The lowest BCUT2D eigenvalue weighted by molar-refractivity contribution is 0.160. The van der Waals surface area contributed by atoms with Crippen molar-refractivity contribution in [1.29, 1.82) is 0 Å². The SMILES string of the molecule is COc1ccc2ccccc2c1CNO. The van der Waals surface area contributed by atoms with Crippen LogP contribution < -0.4 is 10.2 Å². The van der Waals surface area contributed by atoms with Crippen LogP contribution in [0, 0.1) is 0 Å². The fraction of sp³-hybridized carbons (Fsp3) is 0.167. The number of fused-ring (bicyclic) bond motifs is 1. The molecule has 0 bridgehead atoms. The van der Waals surface area contributed by atoms with Gasteiger partial charge in [0.15, 0.2) is 0 Å². The highest BCUT2D eigenvalue weighted by Gasteiger charge is 2.06. The second kappa shape index (κ2) is 4.29. The van der Waals surface area contributed by atoms with Gasteiger partial charge in [-0.2, -0.15) is 0 Å². The van der Waals surface area contributed by atoms with Crippen molar-refractivity contribution in [2.24, 2.45) is 0 Å². The first-order chi connectivity index (χ1) is 7.36. The largest absolute Gasteiger partial charge is 0.496 e. The third-order valence-electron chi connectivity index (χ3n) is 2.47. The van der Waals surface area contributed by atoms with Gasteiger partial charge in [0.25, 0.3) is 0 Å². The molecule has 2 aromatic rings. The molecular weight excluding hydrogens is 190 g/mol. The Morgan fingerprint density at radius 2 is 2.00 bits per heavy atom. The number of benzene rings is 2. The van der Waals surface area contributed by atoms with Crippen LogP contribution >= 0.6 is 0 Å². The average Bonchev–Trinajstić information content (AvgIpc) is 2.30. The molecule has 3 nitrogen and oxygen atoms in total. The minimum absolute atomic E-state index is 0.379. The highest BCUT2D eigenvalue weighted by atomic mass is 16.5. The third-order valence-corrected chi connectivity index (χ3v) is 2.47. The van der Waals surface area contributed by atoms with Gasteiger partial charge in [-0.25, -0.2) is 5.48 Å². The second-order valence-corrected chi connectivity index (χ2v) is 3.30. The van der Waals surface area contributed by atoms with Gasteiger partial charge < -0.3 is 9.94 Å². The van der Waals surface area contributed by atoms with Crippen LogP contribution in [0.4, 0.5) is 0 Å². The molecule has 0 aliphatic heterocycles. The first-order valence-electron chi connectivity index (χ1n) is 4.78. The molecule has 3 heteroatoms. The molecule has 0 heterocycles. The van der Waals surface area contributed by atoms with Crippen LogP contribution in [0.25, 0.3) is 10.8 Å². The van der Waals surface area contributed by atoms with E-state index in [2.05, 4.69) is 5.48 Å². The van der Waals surface area contributed by atoms with Crippen LogP contribution in [0.15, 0.2) is 36.4 Å². The van der Waals surface area contributed by atoms with Gasteiger partial charge in [-0.05, 0) is 16.8 Å². The molecule has 2 N–H and O–H groups in total. The molecule has 2 rings (SSSR count). The lowest BCUT2D eigenvalue weighted by Crippen LogP contribution is -2.08. The number of hydrogen-bond acceptors (Lipinski definition) is 3. The highest BCUT2D eigenvalue weighted by Crippen LogP contribution is 2.27. The molecule has 2 aromatic carbocycles. The zero-order chi connectivity index (χ0) is 10.7. The van der Waals surface area contributed by atoms with Gasteiger partial charge in [0.2, 0.25) is 0 Å². The van der Waals surface area contributed by atoms with E-state index in [1.165, 1.54) is 0 Å². The summed E-state index contributed by atoms with van der Waals surface area (Å²) in [6, 6.07) is 11.9. The van der Waals surface area contributed by atoms with Gasteiger partial charge in [0.05, 0.1) is 13.7 Å². The highest BCUT2D eigenvalue weighted by molar-refractivity contribution is 5.87. The fourth-order valence-corrected chi connectivity index (χ4v) is 1.77. The lowest BCUT2D eigenvalue weighted by Gasteiger charge is -2.10. The maximum atomic E-state index is 8.79. The minimum Gasteiger partial charge on any atom is -0.496 e. The molecule has 0 unspecified atom stereocenters. The smallest absolute Gasteiger partial charge is 0.124 e. The van der Waals surface area contributed by atoms with Gasteiger partial charge in [0, 0.05) is 5.56 Å². The fourth-order valence-electron chi connectivity index (χ4n) is 1.77. The third kappa shape index (κ3) is 1.79. The van der Waals surface area contributed by atoms with E-state index in [1.807, 2.05) is 36.4 Å². The zero-order valence-corrected chi connectivity index (χ0v) is 8.53. The normalized spacial score (nSPS) is 10.5. The topological polar surface area (TPSA) is 41.5 Å². The average molecular weight is 203 g/mol. The first kappa shape index (κ1) is 9.96. The predicted molar refractivity (Wildman–Crippen MR) is 59.1 cm³/mol. The number of hydroxylamine groups is 1. The molecule has 0 aliphatic rings. The summed E-state index contributed by atoms with van der Waals surface area (Å²) in [4.78, 5) is 0. The maximum absolute atomic E-state index is 8.79. The van der Waals surface area contributed by atoms with Crippen molar-refractivity contribution in [1.82, 2.24) is 5.48 Å². The Balaban J connectivity index is 2.67. The number of ether oxygens (including phenoxy) is 1. The van der Waals surface area contributed by atoms with Crippen molar-refractivity contribution in [3.05, 3.63) is 42.0 Å². The molecule has 78 valence electrons. The van der Waals surface area contributed by atoms with Crippen molar-refractivity contribution in [2.75, 3.05) is 7.11 Å². The Kier molecular flexibility index (Phi) is 2.85. The zero-order valence-electron chi connectivity index (χ0n) is 8.53. The van der Waals surface area contributed by atoms with Gasteiger partial charge in [0.1, 0.15) is 5.75 Å². The van der Waals surface area contributed by atoms with Crippen molar-refractivity contribution < 1.29 is 9.94 Å². The Bertz CT molecular complexity index is 468. The molecule has 0 spiro atoms. The molecule has 0 saturated carbocycles. The van der Waals surface area contributed by atoms with Gasteiger partial charge in [-0.1, -0.05) is 30.3 Å². The number of rotatable bonds is 3. The van der Waals surface area contributed by atoms with Crippen LogP contribution in [0.5, 0.6) is 5.75 Å². The van der Waals surface area contributed by atoms with Crippen LogP contribution in [0.1, 0.15) is 5.56 Å². The summed E-state index contributed by atoms with van der Waals surface area (Å²) in [6.07, 6.45) is 0. The van der Waals surface area contributed by atoms with Crippen molar-refractivity contribution in [3.63, 3.8) is 0 Å². The molecule has 0 aromatic heterocycles. The van der Waals surface area contributed by atoms with E-state index in [-0.39, 0.29) is 0 Å². The Morgan fingerprint density at radius 3 is 2.73 bits per heavy atom. The van der Waals surface area contributed by atoms with E-state index in [0.29, 0.717) is 6.54 Å². The summed E-state index contributed by atoms with van der Waals surface area (Å²) < 4.78 is 5.25. The molecule has 0 fully saturated rings. The summed E-state index contributed by atoms with van der Waals surface area (Å²) in [5.74, 6) is 0.787. The molecule has 0 radical (unpaired) electrons. The van der Waals surface area contributed by atoms with E-state index in [1.54, 1.807) is 7.11 Å². The monoisotopic (exact) mass is 203 g/mol. The van der Waals surface area contributed by atoms with E-state index < -0.39 is 0 Å². The van der Waals surface area contributed by atoms with E-state index in [9.17, 15) is 0 Å². The quantitative estimate of drug-likeness (QED) is 0.752. The van der Waals surface area contributed by atoms with E-state index in [0.717, 1.165) is 22.1 Å². The minimum atomic E-state index is 0.379. The molecular formula is C12H13NO2. The summed E-state index contributed by atoms with van der Waals surface area (Å²) >= 11 is 0. The number of methoxy groups -OCH3 is 1. The molecule has 0 atom stereocenters. The van der Waals surface area contributed by atoms with Crippen molar-refractivity contribution in [2.45, 2.75) is 6.54 Å². The summed E-state index contributed by atoms with van der Waals surface area (Å²) in [7, 11) is 1.63. The van der Waals surface area contributed by atoms with E-state index >= 15 is 0 Å². The Hall–Kier alpha value is -1.58. The van der Waals surface area contributed by atoms with Crippen LogP contribution in [-0.2, 0) is 6.54 Å². The van der Waals surface area contributed by atoms with Crippen molar-refractivity contribution >= 4 is 10.8 Å².